The molecule has 0 saturated heterocycles. The minimum absolute atomic E-state index is 0.469. The highest BCUT2D eigenvalue weighted by atomic mass is 79.9. The van der Waals surface area contributed by atoms with Gasteiger partial charge in [-0.25, -0.2) is 4.39 Å². The summed E-state index contributed by atoms with van der Waals surface area (Å²) in [4.78, 5) is 0. The Bertz CT molecular complexity index is 145. The molecule has 12 heavy (non-hydrogen) atoms. The third kappa shape index (κ3) is 3.04. The lowest BCUT2D eigenvalue weighted by Gasteiger charge is -2.17. The highest BCUT2D eigenvalue weighted by molar-refractivity contribution is 9.09. The van der Waals surface area contributed by atoms with Crippen molar-refractivity contribution in [2.45, 2.75) is 45.7 Å². The normalized spacial score (nSPS) is 30.5. The fourth-order valence-electron chi connectivity index (χ4n) is 2.21. The van der Waals surface area contributed by atoms with Gasteiger partial charge in [-0.15, -0.1) is 0 Å². The molecular weight excluding hydrogens is 219 g/mol. The number of hydrogen-bond acceptors (Lipinski definition) is 0. The summed E-state index contributed by atoms with van der Waals surface area (Å²) in [5.74, 6) is 0.632. The number of halogens is 2. The molecule has 72 valence electrons. The molecule has 0 aromatic heterocycles. The molecular formula is C10H18BrF. The molecule has 0 aromatic carbocycles. The Hall–Kier alpha value is 0.410. The van der Waals surface area contributed by atoms with E-state index in [0.717, 1.165) is 6.42 Å². The van der Waals surface area contributed by atoms with Gasteiger partial charge in [-0.1, -0.05) is 29.8 Å². The molecule has 0 aliphatic heterocycles. The molecule has 2 heteroatoms. The second-order valence-electron chi connectivity index (χ2n) is 4.76. The minimum Gasteiger partial charge on any atom is -0.247 e. The average Bonchev–Trinajstić information content (AvgIpc) is 2.30. The summed E-state index contributed by atoms with van der Waals surface area (Å²) in [7, 11) is 0. The summed E-state index contributed by atoms with van der Waals surface area (Å²) in [6.07, 6.45) is 3.83. The van der Waals surface area contributed by atoms with E-state index in [9.17, 15) is 4.39 Å². The molecule has 0 spiro atoms. The molecule has 0 nitrogen and oxygen atoms in total. The molecule has 1 rings (SSSR count). The quantitative estimate of drug-likeness (QED) is 0.652. The van der Waals surface area contributed by atoms with Crippen LogP contribution in [0.2, 0.25) is 0 Å². The molecule has 0 heterocycles. The van der Waals surface area contributed by atoms with Crippen LogP contribution in [0, 0.1) is 11.3 Å². The van der Waals surface area contributed by atoms with Crippen LogP contribution in [0.15, 0.2) is 0 Å². The molecule has 1 aliphatic carbocycles. The van der Waals surface area contributed by atoms with Crippen molar-refractivity contribution in [1.29, 1.82) is 0 Å². The van der Waals surface area contributed by atoms with Crippen LogP contribution in [0.4, 0.5) is 4.39 Å². The van der Waals surface area contributed by atoms with Crippen LogP contribution in [0.1, 0.15) is 39.5 Å². The molecule has 0 amide bonds. The first-order valence-electron chi connectivity index (χ1n) is 4.73. The maximum atomic E-state index is 13.0. The van der Waals surface area contributed by atoms with Crippen molar-refractivity contribution >= 4 is 15.9 Å². The van der Waals surface area contributed by atoms with Crippen LogP contribution in [-0.4, -0.2) is 11.5 Å². The van der Waals surface area contributed by atoms with Gasteiger partial charge in [-0.2, -0.15) is 0 Å². The van der Waals surface area contributed by atoms with Crippen LogP contribution in [-0.2, 0) is 0 Å². The highest BCUT2D eigenvalue weighted by Crippen LogP contribution is 2.42. The second-order valence-corrected chi connectivity index (χ2v) is 5.41. The summed E-state index contributed by atoms with van der Waals surface area (Å²) < 4.78 is 13.0. The smallest absolute Gasteiger partial charge is 0.110 e. The zero-order valence-electron chi connectivity index (χ0n) is 7.95. The third-order valence-electron chi connectivity index (χ3n) is 2.83. The molecule has 1 aliphatic rings. The highest BCUT2D eigenvalue weighted by Gasteiger charge is 2.31. The topological polar surface area (TPSA) is 0 Å². The first-order valence-corrected chi connectivity index (χ1v) is 5.86. The first-order chi connectivity index (χ1) is 5.53. The molecule has 0 N–H and O–H groups in total. The van der Waals surface area contributed by atoms with E-state index in [1.165, 1.54) is 19.3 Å². The Morgan fingerprint density at radius 1 is 1.58 bits per heavy atom. The maximum Gasteiger partial charge on any atom is 0.110 e. The fraction of sp³-hybridized carbons (Fsp3) is 1.00. The molecule has 0 aromatic rings. The van der Waals surface area contributed by atoms with Gasteiger partial charge >= 0.3 is 0 Å². The van der Waals surface area contributed by atoms with Crippen molar-refractivity contribution in [2.24, 2.45) is 11.3 Å². The standard InChI is InChI=1S/C10H18BrF/c1-10(2)4-3-8(6-10)5-9(12)7-11/h8-9H,3-7H2,1-2H3. The second kappa shape index (κ2) is 4.08. The monoisotopic (exact) mass is 236 g/mol. The molecule has 1 fully saturated rings. The van der Waals surface area contributed by atoms with E-state index in [1.54, 1.807) is 0 Å². The number of alkyl halides is 2. The van der Waals surface area contributed by atoms with Crippen LogP contribution >= 0.6 is 15.9 Å². The number of hydrogen-bond donors (Lipinski definition) is 0. The lowest BCUT2D eigenvalue weighted by Crippen LogP contribution is -2.10. The van der Waals surface area contributed by atoms with Gasteiger partial charge in [0.2, 0.25) is 0 Å². The van der Waals surface area contributed by atoms with Gasteiger partial charge in [0, 0.05) is 5.33 Å². The van der Waals surface area contributed by atoms with Gasteiger partial charge in [-0.05, 0) is 37.0 Å². The zero-order chi connectivity index (χ0) is 9.19. The van der Waals surface area contributed by atoms with Gasteiger partial charge in [-0.3, -0.25) is 0 Å². The molecule has 1 saturated carbocycles. The largest absolute Gasteiger partial charge is 0.247 e. The summed E-state index contributed by atoms with van der Waals surface area (Å²) >= 11 is 3.18. The summed E-state index contributed by atoms with van der Waals surface area (Å²) in [6.45, 7) is 4.57. The van der Waals surface area contributed by atoms with E-state index in [1.807, 2.05) is 0 Å². The molecule has 0 radical (unpaired) electrons. The molecule has 2 atom stereocenters. The predicted molar refractivity (Wildman–Crippen MR) is 54.4 cm³/mol. The first kappa shape index (κ1) is 10.5. The Balaban J connectivity index is 2.28. The summed E-state index contributed by atoms with van der Waals surface area (Å²) in [5, 5.41) is 0.504. The summed E-state index contributed by atoms with van der Waals surface area (Å²) in [5.41, 5.74) is 0.469. The van der Waals surface area contributed by atoms with E-state index in [-0.39, 0.29) is 0 Å². The van der Waals surface area contributed by atoms with Crippen molar-refractivity contribution in [3.8, 4) is 0 Å². The van der Waals surface area contributed by atoms with Gasteiger partial charge in [0.25, 0.3) is 0 Å². The zero-order valence-corrected chi connectivity index (χ0v) is 9.53. The predicted octanol–water partition coefficient (Wildman–Crippen LogP) is 3.94. The molecule has 0 bridgehead atoms. The lowest BCUT2D eigenvalue weighted by molar-refractivity contribution is 0.279. The SMILES string of the molecule is CC1(C)CCC(CC(F)CBr)C1. The van der Waals surface area contributed by atoms with Crippen molar-refractivity contribution in [3.05, 3.63) is 0 Å². The Morgan fingerprint density at radius 2 is 2.25 bits per heavy atom. The van der Waals surface area contributed by atoms with E-state index < -0.39 is 6.17 Å². The minimum atomic E-state index is -0.635. The van der Waals surface area contributed by atoms with Gasteiger partial charge < -0.3 is 0 Å². The Kier molecular flexibility index (Phi) is 3.57. The third-order valence-corrected chi connectivity index (χ3v) is 3.53. The van der Waals surface area contributed by atoms with Crippen LogP contribution in [0.25, 0.3) is 0 Å². The average molecular weight is 237 g/mol. The Labute approximate surface area is 83.1 Å². The van der Waals surface area contributed by atoms with Crippen molar-refractivity contribution in [3.63, 3.8) is 0 Å². The van der Waals surface area contributed by atoms with Crippen LogP contribution < -0.4 is 0 Å². The van der Waals surface area contributed by atoms with Crippen molar-refractivity contribution < 1.29 is 4.39 Å². The van der Waals surface area contributed by atoms with Crippen LogP contribution in [0.5, 0.6) is 0 Å². The van der Waals surface area contributed by atoms with Crippen LogP contribution in [0.3, 0.4) is 0 Å². The number of rotatable bonds is 3. The Morgan fingerprint density at radius 3 is 2.67 bits per heavy atom. The van der Waals surface area contributed by atoms with E-state index in [4.69, 9.17) is 0 Å². The summed E-state index contributed by atoms with van der Waals surface area (Å²) in [6, 6.07) is 0. The maximum absolute atomic E-state index is 13.0. The van der Waals surface area contributed by atoms with Crippen molar-refractivity contribution in [1.82, 2.24) is 0 Å². The fourth-order valence-corrected chi connectivity index (χ4v) is 2.47. The van der Waals surface area contributed by atoms with Gasteiger partial charge in [0.15, 0.2) is 0 Å². The molecule has 2 unspecified atom stereocenters. The lowest BCUT2D eigenvalue weighted by atomic mass is 9.89. The van der Waals surface area contributed by atoms with E-state index in [0.29, 0.717) is 16.7 Å². The van der Waals surface area contributed by atoms with Gasteiger partial charge in [0.1, 0.15) is 6.17 Å². The van der Waals surface area contributed by atoms with E-state index >= 15 is 0 Å². The van der Waals surface area contributed by atoms with Gasteiger partial charge in [0.05, 0.1) is 0 Å². The van der Waals surface area contributed by atoms with Crippen molar-refractivity contribution in [2.75, 3.05) is 5.33 Å². The van der Waals surface area contributed by atoms with E-state index in [2.05, 4.69) is 29.8 Å².